The van der Waals surface area contributed by atoms with E-state index in [1.807, 2.05) is 44.2 Å². The first-order valence-electron chi connectivity index (χ1n) is 10.6. The first-order valence-corrected chi connectivity index (χ1v) is 12.3. The summed E-state index contributed by atoms with van der Waals surface area (Å²) in [7, 11) is 3.09. The molecule has 1 amide bonds. The smallest absolute Gasteiger partial charge is 0.278 e. The molecular formula is C24H23BrN6O3S. The molecule has 35 heavy (non-hydrogen) atoms. The number of benzene rings is 2. The topological polar surface area (TPSA) is 104 Å². The number of anilines is 1. The molecule has 0 saturated carbocycles. The number of rotatable bonds is 8. The Morgan fingerprint density at radius 2 is 1.69 bits per heavy atom. The van der Waals surface area contributed by atoms with E-state index in [9.17, 15) is 4.79 Å². The van der Waals surface area contributed by atoms with Gasteiger partial charge in [-0.25, -0.2) is 14.6 Å². The van der Waals surface area contributed by atoms with Gasteiger partial charge in [0.05, 0.1) is 25.6 Å². The average molecular weight is 555 g/mol. The van der Waals surface area contributed by atoms with Gasteiger partial charge in [0, 0.05) is 33.4 Å². The summed E-state index contributed by atoms with van der Waals surface area (Å²) in [6.45, 7) is 3.85. The van der Waals surface area contributed by atoms with Gasteiger partial charge in [-0.05, 0) is 56.3 Å². The van der Waals surface area contributed by atoms with Gasteiger partial charge in [-0.1, -0.05) is 32.9 Å². The lowest BCUT2D eigenvalue weighted by Gasteiger charge is -2.11. The fourth-order valence-corrected chi connectivity index (χ4v) is 4.60. The van der Waals surface area contributed by atoms with Gasteiger partial charge in [-0.2, -0.15) is 0 Å². The van der Waals surface area contributed by atoms with Crippen molar-refractivity contribution in [2.24, 2.45) is 0 Å². The van der Waals surface area contributed by atoms with Crippen molar-refractivity contribution in [2.45, 2.75) is 24.8 Å². The average Bonchev–Trinajstić information content (AvgIpc) is 3.26. The summed E-state index contributed by atoms with van der Waals surface area (Å²) in [6.07, 6.45) is 0. The molecule has 0 atom stereocenters. The molecule has 2 aromatic heterocycles. The predicted molar refractivity (Wildman–Crippen MR) is 138 cm³/mol. The van der Waals surface area contributed by atoms with Crippen LogP contribution in [0, 0.1) is 13.8 Å². The molecule has 0 unspecified atom stereocenters. The monoisotopic (exact) mass is 554 g/mol. The third-order valence-electron chi connectivity index (χ3n) is 4.99. The second-order valence-electron chi connectivity index (χ2n) is 7.52. The molecule has 0 saturated heterocycles. The number of amides is 1. The molecule has 1 N–H and O–H groups in total. The van der Waals surface area contributed by atoms with Gasteiger partial charge >= 0.3 is 0 Å². The van der Waals surface area contributed by atoms with E-state index in [1.54, 1.807) is 30.0 Å². The van der Waals surface area contributed by atoms with Crippen molar-refractivity contribution >= 4 is 39.3 Å². The molecule has 4 rings (SSSR count). The fourth-order valence-electron chi connectivity index (χ4n) is 3.39. The van der Waals surface area contributed by atoms with E-state index in [-0.39, 0.29) is 5.69 Å². The van der Waals surface area contributed by atoms with Crippen molar-refractivity contribution in [1.29, 1.82) is 0 Å². The summed E-state index contributed by atoms with van der Waals surface area (Å²) < 4.78 is 13.2. The summed E-state index contributed by atoms with van der Waals surface area (Å²) >= 11 is 4.87. The van der Waals surface area contributed by atoms with Crippen LogP contribution in [0.2, 0.25) is 0 Å². The molecule has 11 heteroatoms. The number of carbonyl (C=O) groups excluding carboxylic acids is 1. The molecule has 2 aromatic carbocycles. The number of halogens is 1. The Labute approximate surface area is 215 Å². The number of thioether (sulfide) groups is 1. The van der Waals surface area contributed by atoms with E-state index >= 15 is 0 Å². The highest BCUT2D eigenvalue weighted by Gasteiger charge is 2.22. The maximum Gasteiger partial charge on any atom is 0.278 e. The molecule has 4 aromatic rings. The van der Waals surface area contributed by atoms with Gasteiger partial charge in [0.25, 0.3) is 5.91 Å². The zero-order chi connectivity index (χ0) is 24.9. The van der Waals surface area contributed by atoms with Crippen molar-refractivity contribution in [2.75, 3.05) is 19.5 Å². The lowest BCUT2D eigenvalue weighted by atomic mass is 10.2. The van der Waals surface area contributed by atoms with Crippen molar-refractivity contribution < 1.29 is 14.3 Å². The Hall–Kier alpha value is -3.44. The van der Waals surface area contributed by atoms with Crippen molar-refractivity contribution in [3.63, 3.8) is 0 Å². The third kappa shape index (κ3) is 5.80. The van der Waals surface area contributed by atoms with Crippen LogP contribution in [0.1, 0.15) is 27.6 Å². The van der Waals surface area contributed by atoms with Crippen molar-refractivity contribution in [3.05, 3.63) is 75.8 Å². The molecule has 0 spiro atoms. The zero-order valence-electron chi connectivity index (χ0n) is 19.6. The molecule has 9 nitrogen and oxygen atoms in total. The highest BCUT2D eigenvalue weighted by Crippen LogP contribution is 2.30. The van der Waals surface area contributed by atoms with Gasteiger partial charge in [-0.3, -0.25) is 4.79 Å². The van der Waals surface area contributed by atoms with Gasteiger partial charge in [0.1, 0.15) is 0 Å². The Bertz CT molecular complexity index is 1340. The number of nitrogens with one attached hydrogen (secondary N) is 1. The van der Waals surface area contributed by atoms with Crippen LogP contribution in [0.3, 0.4) is 0 Å². The number of nitrogens with zero attached hydrogens (tertiary/aromatic N) is 5. The minimum absolute atomic E-state index is 0.208. The molecule has 0 aliphatic carbocycles. The normalized spacial score (nSPS) is 10.8. The van der Waals surface area contributed by atoms with Crippen LogP contribution >= 0.6 is 27.7 Å². The minimum Gasteiger partial charge on any atom is -0.493 e. The van der Waals surface area contributed by atoms with Crippen LogP contribution < -0.4 is 14.8 Å². The second-order valence-corrected chi connectivity index (χ2v) is 9.38. The van der Waals surface area contributed by atoms with Crippen LogP contribution in [-0.4, -0.2) is 45.1 Å². The largest absolute Gasteiger partial charge is 0.493 e. The van der Waals surface area contributed by atoms with E-state index in [0.29, 0.717) is 33.8 Å². The number of hydrogen-bond acceptors (Lipinski definition) is 8. The molecule has 0 aliphatic heterocycles. The lowest BCUT2D eigenvalue weighted by molar-refractivity contribution is 0.102. The number of aromatic nitrogens is 5. The van der Waals surface area contributed by atoms with Crippen LogP contribution in [0.5, 0.6) is 11.5 Å². The van der Waals surface area contributed by atoms with Crippen LogP contribution in [0.25, 0.3) is 5.69 Å². The quantitative estimate of drug-likeness (QED) is 0.239. The van der Waals surface area contributed by atoms with E-state index in [1.165, 1.54) is 18.9 Å². The van der Waals surface area contributed by atoms with Crippen LogP contribution in [0.4, 0.5) is 5.69 Å². The lowest BCUT2D eigenvalue weighted by Crippen LogP contribution is -2.15. The maximum absolute atomic E-state index is 13.3. The molecule has 0 fully saturated rings. The molecule has 0 aliphatic rings. The third-order valence-corrected chi connectivity index (χ3v) is 6.38. The van der Waals surface area contributed by atoms with Crippen LogP contribution in [-0.2, 0) is 5.75 Å². The Morgan fingerprint density at radius 3 is 2.34 bits per heavy atom. The highest BCUT2D eigenvalue weighted by atomic mass is 79.9. The van der Waals surface area contributed by atoms with Gasteiger partial charge in [-0.15, -0.1) is 5.10 Å². The number of hydrogen-bond donors (Lipinski definition) is 1. The summed E-state index contributed by atoms with van der Waals surface area (Å²) in [4.78, 5) is 22.2. The van der Waals surface area contributed by atoms with Gasteiger partial charge < -0.3 is 14.8 Å². The number of aryl methyl sites for hydroxylation is 2. The summed E-state index contributed by atoms with van der Waals surface area (Å²) in [6, 6.07) is 14.7. The van der Waals surface area contributed by atoms with Crippen molar-refractivity contribution in [1.82, 2.24) is 25.0 Å². The predicted octanol–water partition coefficient (Wildman–Crippen LogP) is 5.00. The molecular weight excluding hydrogens is 532 g/mol. The van der Waals surface area contributed by atoms with E-state index < -0.39 is 5.91 Å². The summed E-state index contributed by atoms with van der Waals surface area (Å²) in [5, 5.41) is 12.0. The van der Waals surface area contributed by atoms with E-state index in [0.717, 1.165) is 21.5 Å². The Balaban J connectivity index is 1.66. The number of methoxy groups -OCH3 is 2. The minimum atomic E-state index is -0.391. The summed E-state index contributed by atoms with van der Waals surface area (Å²) in [5.74, 6) is 1.07. The number of ether oxygens (including phenoxy) is 2. The summed E-state index contributed by atoms with van der Waals surface area (Å²) in [5.41, 5.74) is 3.92. The zero-order valence-corrected chi connectivity index (χ0v) is 22.0. The van der Waals surface area contributed by atoms with Gasteiger partial charge in [0.15, 0.2) is 22.3 Å². The molecule has 180 valence electrons. The maximum atomic E-state index is 13.3. The Kier molecular flexibility index (Phi) is 7.67. The SMILES string of the molecule is COc1ccc(NC(=O)c2nnn(-c3ccc(Br)cc3)c2CSc2nc(C)cc(C)n2)cc1OC. The molecule has 0 radical (unpaired) electrons. The number of carbonyl (C=O) groups is 1. The van der Waals surface area contributed by atoms with Crippen LogP contribution in [0.15, 0.2) is 58.2 Å². The highest BCUT2D eigenvalue weighted by molar-refractivity contribution is 9.10. The van der Waals surface area contributed by atoms with Gasteiger partial charge in [0.2, 0.25) is 0 Å². The van der Waals surface area contributed by atoms with E-state index in [4.69, 9.17) is 9.47 Å². The Morgan fingerprint density at radius 1 is 1.00 bits per heavy atom. The first-order chi connectivity index (χ1) is 16.9. The second kappa shape index (κ2) is 10.9. The van der Waals surface area contributed by atoms with Crippen molar-refractivity contribution in [3.8, 4) is 17.2 Å². The molecule has 0 bridgehead atoms. The molecule has 2 heterocycles. The first kappa shape index (κ1) is 24.7. The van der Waals surface area contributed by atoms with E-state index in [2.05, 4.69) is 41.5 Å². The fraction of sp³-hybridized carbons (Fsp3) is 0.208. The standard InChI is InChI=1S/C24H23BrN6O3S/c1-14-11-15(2)27-24(26-14)35-13-19-22(29-30-31(19)18-8-5-16(25)6-9-18)23(32)28-17-7-10-20(33-3)21(12-17)34-4/h5-12H,13H2,1-4H3,(H,28,32).